The topological polar surface area (TPSA) is 59.6 Å². The molecule has 1 fully saturated rings. The van der Waals surface area contributed by atoms with Gasteiger partial charge in [0.1, 0.15) is 24.7 Å². The molecule has 1 aliphatic heterocycles. The van der Waals surface area contributed by atoms with Crippen LogP contribution in [0.25, 0.3) is 0 Å². The Kier molecular flexibility index (Phi) is 6.96. The number of hydrogen-bond donors (Lipinski definition) is 2. The number of carbonyl (C=O) groups is 1. The summed E-state index contributed by atoms with van der Waals surface area (Å²) < 4.78 is 11.3. The lowest BCUT2D eigenvalue weighted by Gasteiger charge is -2.31. The summed E-state index contributed by atoms with van der Waals surface area (Å²) in [5, 5.41) is 6.89. The van der Waals surface area contributed by atoms with Crippen molar-refractivity contribution in [3.8, 4) is 11.5 Å². The Morgan fingerprint density at radius 2 is 1.63 bits per heavy atom. The Bertz CT molecular complexity index is 730. The van der Waals surface area contributed by atoms with Crippen molar-refractivity contribution >= 4 is 17.5 Å². The molecule has 3 rings (SSSR count). The Labute approximate surface area is 165 Å². The number of nitrogens with one attached hydrogen (secondary N) is 2. The first-order valence-corrected chi connectivity index (χ1v) is 9.58. The van der Waals surface area contributed by atoms with Gasteiger partial charge in [-0.1, -0.05) is 30.7 Å². The average molecular weight is 389 g/mol. The highest BCUT2D eigenvalue weighted by atomic mass is 35.5. The third-order valence-electron chi connectivity index (χ3n) is 4.76. The Morgan fingerprint density at radius 1 is 1.07 bits per heavy atom. The van der Waals surface area contributed by atoms with E-state index >= 15 is 0 Å². The SMILES string of the molecule is CC(C(=O)NCc1ccc(OCCOc2ccc(Cl)cc2)cc1)C1CNC1. The van der Waals surface area contributed by atoms with Crippen LogP contribution in [0.5, 0.6) is 11.5 Å². The van der Waals surface area contributed by atoms with Crippen LogP contribution in [0.15, 0.2) is 48.5 Å². The first kappa shape index (κ1) is 19.5. The summed E-state index contributed by atoms with van der Waals surface area (Å²) >= 11 is 5.84. The van der Waals surface area contributed by atoms with E-state index in [0.29, 0.717) is 30.7 Å². The molecule has 0 saturated carbocycles. The molecule has 0 aliphatic carbocycles. The highest BCUT2D eigenvalue weighted by Crippen LogP contribution is 2.17. The predicted octanol–water partition coefficient (Wildman–Crippen LogP) is 3.27. The molecular weight excluding hydrogens is 364 g/mol. The van der Waals surface area contributed by atoms with Crippen LogP contribution in [0.2, 0.25) is 5.02 Å². The standard InChI is InChI=1S/C21H25ClN2O3/c1-15(17-13-23-14-17)21(25)24-12-16-2-6-19(7-3-16)26-10-11-27-20-8-4-18(22)5-9-20/h2-9,15,17,23H,10-14H2,1H3,(H,24,25). The van der Waals surface area contributed by atoms with E-state index < -0.39 is 0 Å². The van der Waals surface area contributed by atoms with Crippen LogP contribution in [0.4, 0.5) is 0 Å². The number of amides is 1. The summed E-state index contributed by atoms with van der Waals surface area (Å²) in [5.74, 6) is 2.16. The largest absolute Gasteiger partial charge is 0.490 e. The monoisotopic (exact) mass is 388 g/mol. The Hall–Kier alpha value is -2.24. The van der Waals surface area contributed by atoms with E-state index in [1.807, 2.05) is 43.3 Å². The predicted molar refractivity (Wildman–Crippen MR) is 106 cm³/mol. The van der Waals surface area contributed by atoms with E-state index in [0.717, 1.165) is 30.2 Å². The third-order valence-corrected chi connectivity index (χ3v) is 5.01. The van der Waals surface area contributed by atoms with Crippen molar-refractivity contribution in [1.29, 1.82) is 0 Å². The summed E-state index contributed by atoms with van der Waals surface area (Å²) in [6.45, 7) is 5.29. The van der Waals surface area contributed by atoms with Gasteiger partial charge in [0, 0.05) is 17.5 Å². The molecule has 27 heavy (non-hydrogen) atoms. The molecule has 2 N–H and O–H groups in total. The lowest BCUT2D eigenvalue weighted by molar-refractivity contribution is -0.126. The molecule has 2 aromatic carbocycles. The second-order valence-electron chi connectivity index (χ2n) is 6.72. The average Bonchev–Trinajstić information content (AvgIpc) is 2.64. The molecular formula is C21H25ClN2O3. The number of ether oxygens (including phenoxy) is 2. The van der Waals surface area contributed by atoms with Gasteiger partial charge in [-0.2, -0.15) is 0 Å². The lowest BCUT2D eigenvalue weighted by Crippen LogP contribution is -2.49. The molecule has 1 amide bonds. The van der Waals surface area contributed by atoms with Gasteiger partial charge in [-0.05, 0) is 61.0 Å². The highest BCUT2D eigenvalue weighted by Gasteiger charge is 2.28. The van der Waals surface area contributed by atoms with Crippen LogP contribution in [0.1, 0.15) is 12.5 Å². The number of carbonyl (C=O) groups excluding carboxylic acids is 1. The molecule has 0 bridgehead atoms. The van der Waals surface area contributed by atoms with Gasteiger partial charge in [-0.25, -0.2) is 0 Å². The second kappa shape index (κ2) is 9.62. The van der Waals surface area contributed by atoms with Crippen molar-refractivity contribution in [2.45, 2.75) is 13.5 Å². The zero-order valence-electron chi connectivity index (χ0n) is 15.4. The van der Waals surface area contributed by atoms with E-state index in [1.54, 1.807) is 12.1 Å². The number of hydrogen-bond acceptors (Lipinski definition) is 4. The number of benzene rings is 2. The van der Waals surface area contributed by atoms with Crippen molar-refractivity contribution in [3.05, 3.63) is 59.1 Å². The van der Waals surface area contributed by atoms with Crippen LogP contribution in [0, 0.1) is 11.8 Å². The third kappa shape index (κ3) is 5.88. The first-order chi connectivity index (χ1) is 13.1. The van der Waals surface area contributed by atoms with Gasteiger partial charge in [-0.3, -0.25) is 4.79 Å². The quantitative estimate of drug-likeness (QED) is 0.647. The number of rotatable bonds is 9. The smallest absolute Gasteiger partial charge is 0.223 e. The summed E-state index contributed by atoms with van der Waals surface area (Å²) in [6.07, 6.45) is 0. The van der Waals surface area contributed by atoms with Crippen LogP contribution in [-0.4, -0.2) is 32.2 Å². The maximum Gasteiger partial charge on any atom is 0.223 e. The van der Waals surface area contributed by atoms with Crippen LogP contribution in [-0.2, 0) is 11.3 Å². The van der Waals surface area contributed by atoms with Crippen LogP contribution in [0.3, 0.4) is 0 Å². The minimum atomic E-state index is 0.0505. The van der Waals surface area contributed by atoms with Crippen molar-refractivity contribution in [3.63, 3.8) is 0 Å². The molecule has 1 unspecified atom stereocenters. The van der Waals surface area contributed by atoms with E-state index in [2.05, 4.69) is 10.6 Å². The maximum absolute atomic E-state index is 12.1. The Balaban J connectivity index is 1.35. The molecule has 1 heterocycles. The van der Waals surface area contributed by atoms with Gasteiger partial charge in [0.15, 0.2) is 0 Å². The van der Waals surface area contributed by atoms with Gasteiger partial charge >= 0.3 is 0 Å². The zero-order chi connectivity index (χ0) is 19.1. The lowest BCUT2D eigenvalue weighted by atomic mass is 9.88. The molecule has 0 aromatic heterocycles. The minimum Gasteiger partial charge on any atom is -0.490 e. The van der Waals surface area contributed by atoms with Crippen LogP contribution < -0.4 is 20.1 Å². The van der Waals surface area contributed by atoms with E-state index in [1.165, 1.54) is 0 Å². The first-order valence-electron chi connectivity index (χ1n) is 9.20. The fourth-order valence-electron chi connectivity index (χ4n) is 2.78. The normalized spacial score (nSPS) is 14.9. The maximum atomic E-state index is 12.1. The van der Waals surface area contributed by atoms with E-state index in [-0.39, 0.29) is 11.8 Å². The fourth-order valence-corrected chi connectivity index (χ4v) is 2.91. The van der Waals surface area contributed by atoms with Gasteiger partial charge in [0.25, 0.3) is 0 Å². The minimum absolute atomic E-state index is 0.0505. The van der Waals surface area contributed by atoms with Crippen molar-refractivity contribution in [1.82, 2.24) is 10.6 Å². The summed E-state index contributed by atoms with van der Waals surface area (Å²) in [5.41, 5.74) is 1.05. The van der Waals surface area contributed by atoms with Crippen molar-refractivity contribution in [2.75, 3.05) is 26.3 Å². The molecule has 144 valence electrons. The highest BCUT2D eigenvalue weighted by molar-refractivity contribution is 6.30. The van der Waals surface area contributed by atoms with Gasteiger partial charge < -0.3 is 20.1 Å². The summed E-state index contributed by atoms with van der Waals surface area (Å²) in [4.78, 5) is 12.1. The molecule has 6 heteroatoms. The molecule has 1 atom stereocenters. The summed E-state index contributed by atoms with van der Waals surface area (Å²) in [6, 6.07) is 15.0. The van der Waals surface area contributed by atoms with Crippen molar-refractivity contribution in [2.24, 2.45) is 11.8 Å². The molecule has 5 nitrogen and oxygen atoms in total. The molecule has 1 aliphatic rings. The van der Waals surface area contributed by atoms with Crippen LogP contribution >= 0.6 is 11.6 Å². The van der Waals surface area contributed by atoms with E-state index in [4.69, 9.17) is 21.1 Å². The second-order valence-corrected chi connectivity index (χ2v) is 7.16. The molecule has 0 radical (unpaired) electrons. The Morgan fingerprint density at radius 3 is 2.15 bits per heavy atom. The van der Waals surface area contributed by atoms with Crippen molar-refractivity contribution < 1.29 is 14.3 Å². The van der Waals surface area contributed by atoms with Gasteiger partial charge in [0.05, 0.1) is 0 Å². The fraction of sp³-hybridized carbons (Fsp3) is 0.381. The number of halogens is 1. The van der Waals surface area contributed by atoms with Gasteiger partial charge in [0.2, 0.25) is 5.91 Å². The molecule has 2 aromatic rings. The van der Waals surface area contributed by atoms with E-state index in [9.17, 15) is 4.79 Å². The molecule has 1 saturated heterocycles. The molecule has 0 spiro atoms. The zero-order valence-corrected chi connectivity index (χ0v) is 16.2. The van der Waals surface area contributed by atoms with Gasteiger partial charge in [-0.15, -0.1) is 0 Å². The summed E-state index contributed by atoms with van der Waals surface area (Å²) in [7, 11) is 0.